The molecule has 0 saturated heterocycles. The van der Waals surface area contributed by atoms with Gasteiger partial charge in [-0.2, -0.15) is 8.78 Å². The molecule has 0 spiro atoms. The minimum absolute atomic E-state index is 0.0319. The first-order valence-electron chi connectivity index (χ1n) is 5.66. The van der Waals surface area contributed by atoms with Crippen molar-refractivity contribution >= 4 is 27.0 Å². The van der Waals surface area contributed by atoms with Gasteiger partial charge in [0.1, 0.15) is 5.75 Å². The average Bonchev–Trinajstić information content (AvgIpc) is 2.90. The van der Waals surface area contributed by atoms with Crippen molar-refractivity contribution in [3.63, 3.8) is 0 Å². The number of alkyl halides is 2. The Morgan fingerprint density at radius 2 is 1.95 bits per heavy atom. The molecule has 0 amide bonds. The van der Waals surface area contributed by atoms with Gasteiger partial charge in [-0.1, -0.05) is 0 Å². The van der Waals surface area contributed by atoms with Crippen LogP contribution in [0.25, 0.3) is 0 Å². The Bertz CT molecular complexity index is 698. The Labute approximate surface area is 123 Å². The lowest BCUT2D eigenvalue weighted by molar-refractivity contribution is -0.0498. The van der Waals surface area contributed by atoms with Gasteiger partial charge in [-0.3, -0.25) is 4.72 Å². The van der Waals surface area contributed by atoms with E-state index < -0.39 is 16.6 Å². The number of anilines is 1. The van der Waals surface area contributed by atoms with Crippen LogP contribution in [-0.4, -0.2) is 20.1 Å². The summed E-state index contributed by atoms with van der Waals surface area (Å²) in [6.07, 6.45) is 0. The summed E-state index contributed by atoms with van der Waals surface area (Å²) in [5, 5.41) is 10.3. The van der Waals surface area contributed by atoms with E-state index in [1.807, 2.05) is 0 Å². The van der Waals surface area contributed by atoms with Gasteiger partial charge in [0.05, 0.1) is 11.5 Å². The molecule has 2 rings (SSSR count). The molecule has 2 aromatic rings. The second-order valence-electron chi connectivity index (χ2n) is 3.92. The van der Waals surface area contributed by atoms with Crippen LogP contribution in [0.5, 0.6) is 5.75 Å². The Kier molecular flexibility index (Phi) is 4.76. The van der Waals surface area contributed by atoms with Crippen LogP contribution in [0.3, 0.4) is 0 Å². The maximum absolute atomic E-state index is 12.1. The zero-order chi connectivity index (χ0) is 15.5. The van der Waals surface area contributed by atoms with Crippen LogP contribution in [0.4, 0.5) is 14.5 Å². The van der Waals surface area contributed by atoms with Crippen molar-refractivity contribution in [3.8, 4) is 5.75 Å². The molecule has 1 aromatic carbocycles. The third kappa shape index (κ3) is 4.13. The molecule has 2 N–H and O–H groups in total. The fourth-order valence-corrected chi connectivity index (χ4v) is 3.70. The van der Waals surface area contributed by atoms with Gasteiger partial charge in [0.15, 0.2) is 0 Å². The van der Waals surface area contributed by atoms with Crippen molar-refractivity contribution in [1.82, 2.24) is 0 Å². The molecule has 0 bridgehead atoms. The van der Waals surface area contributed by atoms with E-state index in [-0.39, 0.29) is 22.9 Å². The van der Waals surface area contributed by atoms with Gasteiger partial charge in [0.2, 0.25) is 0 Å². The number of hydrogen-bond donors (Lipinski definition) is 2. The minimum Gasteiger partial charge on any atom is -0.435 e. The average molecular weight is 335 g/mol. The molecule has 21 heavy (non-hydrogen) atoms. The number of aliphatic hydroxyl groups excluding tert-OH is 1. The Hall–Kier alpha value is -1.71. The van der Waals surface area contributed by atoms with Crippen LogP contribution in [0, 0.1) is 0 Å². The molecule has 0 radical (unpaired) electrons. The van der Waals surface area contributed by atoms with E-state index in [2.05, 4.69) is 9.46 Å². The monoisotopic (exact) mass is 335 g/mol. The third-order valence-electron chi connectivity index (χ3n) is 2.43. The highest BCUT2D eigenvalue weighted by atomic mass is 32.2. The van der Waals surface area contributed by atoms with E-state index in [1.54, 1.807) is 0 Å². The molecule has 5 nitrogen and oxygen atoms in total. The van der Waals surface area contributed by atoms with Crippen molar-refractivity contribution in [2.45, 2.75) is 18.1 Å². The molecule has 0 unspecified atom stereocenters. The molecule has 0 aliphatic heterocycles. The summed E-state index contributed by atoms with van der Waals surface area (Å²) in [4.78, 5) is 0.556. The van der Waals surface area contributed by atoms with E-state index in [1.165, 1.54) is 35.7 Å². The fourth-order valence-electron chi connectivity index (χ4n) is 1.50. The summed E-state index contributed by atoms with van der Waals surface area (Å²) in [5.74, 6) is -0.0638. The van der Waals surface area contributed by atoms with Crippen molar-refractivity contribution in [2.24, 2.45) is 0 Å². The number of ether oxygens (including phenoxy) is 1. The normalized spacial score (nSPS) is 11.6. The predicted octanol–water partition coefficient (Wildman–Crippen LogP) is 2.64. The van der Waals surface area contributed by atoms with Crippen LogP contribution in [0.2, 0.25) is 0 Å². The summed E-state index contributed by atoms with van der Waals surface area (Å²) in [7, 11) is -3.78. The molecule has 0 atom stereocenters. The smallest absolute Gasteiger partial charge is 0.387 e. The molecular formula is C12H11F2NO4S2. The molecule has 0 fully saturated rings. The first kappa shape index (κ1) is 15.7. The number of thiophene rings is 1. The van der Waals surface area contributed by atoms with Crippen LogP contribution in [0.15, 0.2) is 40.6 Å². The molecule has 0 saturated carbocycles. The van der Waals surface area contributed by atoms with Gasteiger partial charge in [-0.15, -0.1) is 11.3 Å². The summed E-state index contributed by atoms with van der Waals surface area (Å²) in [6.45, 7) is -3.17. The maximum atomic E-state index is 12.1. The highest BCUT2D eigenvalue weighted by molar-refractivity contribution is 7.92. The highest BCUT2D eigenvalue weighted by Gasteiger charge is 2.16. The maximum Gasteiger partial charge on any atom is 0.387 e. The zero-order valence-corrected chi connectivity index (χ0v) is 12.1. The van der Waals surface area contributed by atoms with Crippen LogP contribution in [-0.2, 0) is 16.6 Å². The Morgan fingerprint density at radius 3 is 2.48 bits per heavy atom. The van der Waals surface area contributed by atoms with E-state index in [0.717, 1.165) is 11.3 Å². The molecule has 9 heteroatoms. The molecule has 114 valence electrons. The molecule has 1 heterocycles. The Balaban J connectivity index is 2.13. The first-order chi connectivity index (χ1) is 9.90. The van der Waals surface area contributed by atoms with Crippen molar-refractivity contribution < 1.29 is 27.0 Å². The summed E-state index contributed by atoms with van der Waals surface area (Å²) >= 11 is 1.12. The first-order valence-corrected chi connectivity index (χ1v) is 8.03. The van der Waals surface area contributed by atoms with Gasteiger partial charge < -0.3 is 9.84 Å². The van der Waals surface area contributed by atoms with Crippen LogP contribution in [0.1, 0.15) is 4.88 Å². The number of hydrogen-bond acceptors (Lipinski definition) is 5. The van der Waals surface area contributed by atoms with Crippen molar-refractivity contribution in [3.05, 3.63) is 40.6 Å². The second-order valence-corrected chi connectivity index (χ2v) is 6.59. The van der Waals surface area contributed by atoms with Gasteiger partial charge >= 0.3 is 6.61 Å². The standard InChI is InChI=1S/C12H11F2NO4S2/c13-12(14)19-9-3-1-8(2-4-9)15-21(17,18)11-5-10(6-16)20-7-11/h1-5,7,12,15-16H,6H2. The summed E-state index contributed by atoms with van der Waals surface area (Å²) < 4.78 is 54.6. The number of benzene rings is 1. The van der Waals surface area contributed by atoms with Crippen LogP contribution >= 0.6 is 11.3 Å². The van der Waals surface area contributed by atoms with Gasteiger partial charge in [-0.05, 0) is 30.3 Å². The molecular weight excluding hydrogens is 324 g/mol. The third-order valence-corrected chi connectivity index (χ3v) is 4.86. The van der Waals surface area contributed by atoms with E-state index >= 15 is 0 Å². The SMILES string of the molecule is O=S(=O)(Nc1ccc(OC(F)F)cc1)c1csc(CO)c1. The molecule has 1 aromatic heterocycles. The lowest BCUT2D eigenvalue weighted by atomic mass is 10.3. The van der Waals surface area contributed by atoms with E-state index in [9.17, 15) is 17.2 Å². The fraction of sp³-hybridized carbons (Fsp3) is 0.167. The van der Waals surface area contributed by atoms with Crippen molar-refractivity contribution in [2.75, 3.05) is 4.72 Å². The minimum atomic E-state index is -3.78. The topological polar surface area (TPSA) is 75.6 Å². The molecule has 0 aliphatic rings. The van der Waals surface area contributed by atoms with Gasteiger partial charge in [0.25, 0.3) is 10.0 Å². The largest absolute Gasteiger partial charge is 0.435 e. The van der Waals surface area contributed by atoms with E-state index in [0.29, 0.717) is 4.88 Å². The molecule has 0 aliphatic carbocycles. The lowest BCUT2D eigenvalue weighted by Gasteiger charge is -2.08. The number of rotatable bonds is 6. The number of halogens is 2. The summed E-state index contributed by atoms with van der Waals surface area (Å²) in [6, 6.07) is 6.46. The lowest BCUT2D eigenvalue weighted by Crippen LogP contribution is -2.12. The second kappa shape index (κ2) is 6.37. The zero-order valence-electron chi connectivity index (χ0n) is 10.5. The highest BCUT2D eigenvalue weighted by Crippen LogP contribution is 2.23. The predicted molar refractivity (Wildman–Crippen MR) is 74.1 cm³/mol. The van der Waals surface area contributed by atoms with Crippen LogP contribution < -0.4 is 9.46 Å². The van der Waals surface area contributed by atoms with Gasteiger partial charge in [-0.25, -0.2) is 8.42 Å². The number of sulfonamides is 1. The number of aliphatic hydroxyl groups is 1. The quantitative estimate of drug-likeness (QED) is 0.851. The van der Waals surface area contributed by atoms with E-state index in [4.69, 9.17) is 5.11 Å². The number of nitrogens with one attached hydrogen (secondary N) is 1. The van der Waals surface area contributed by atoms with Gasteiger partial charge in [0, 0.05) is 15.9 Å². The Morgan fingerprint density at radius 1 is 1.29 bits per heavy atom. The summed E-state index contributed by atoms with van der Waals surface area (Å²) in [5.41, 5.74) is 0.216. The van der Waals surface area contributed by atoms with Crippen molar-refractivity contribution in [1.29, 1.82) is 0 Å².